The molecular formula is C27H40N2O2S. The Labute approximate surface area is 198 Å². The minimum absolute atomic E-state index is 0.185. The second kappa shape index (κ2) is 10.0. The summed E-state index contributed by atoms with van der Waals surface area (Å²) in [5.41, 5.74) is 6.06. The highest BCUT2D eigenvalue weighted by atomic mass is 32.2. The third-order valence-electron chi connectivity index (χ3n) is 7.30. The van der Waals surface area contributed by atoms with Crippen molar-refractivity contribution >= 4 is 23.3 Å². The van der Waals surface area contributed by atoms with Crippen molar-refractivity contribution in [2.75, 3.05) is 19.6 Å². The van der Waals surface area contributed by atoms with E-state index < -0.39 is 5.97 Å². The quantitative estimate of drug-likeness (QED) is 0.493. The normalized spacial score (nSPS) is 20.7. The van der Waals surface area contributed by atoms with E-state index in [0.29, 0.717) is 12.6 Å². The highest BCUT2D eigenvalue weighted by molar-refractivity contribution is 8.05. The Bertz CT molecular complexity index is 880. The van der Waals surface area contributed by atoms with Gasteiger partial charge in [0.05, 0.1) is 11.4 Å². The standard InChI is InChI=1S/C27H40N2O2S/c1-19(21-7-8-23-24(17-21)27(5,6)13-12-26(23,3)4)18-32-20(2)29-15-10-22(11-16-29)28-14-9-25(30)31/h7-8,17-18,22,28H,2,9-16H2,1,3-6H3,(H,30,31)/b19-18+. The molecule has 4 nitrogen and oxygen atoms in total. The van der Waals surface area contributed by atoms with Crippen LogP contribution in [0.1, 0.15) is 83.4 Å². The number of carboxylic acids is 1. The van der Waals surface area contributed by atoms with Gasteiger partial charge in [-0.3, -0.25) is 4.79 Å². The number of piperidine rings is 1. The Balaban J connectivity index is 1.58. The number of nitrogens with one attached hydrogen (secondary N) is 1. The lowest BCUT2D eigenvalue weighted by atomic mass is 9.63. The highest BCUT2D eigenvalue weighted by Crippen LogP contribution is 2.46. The lowest BCUT2D eigenvalue weighted by Crippen LogP contribution is -2.42. The van der Waals surface area contributed by atoms with E-state index >= 15 is 0 Å². The maximum absolute atomic E-state index is 10.7. The van der Waals surface area contributed by atoms with Crippen molar-refractivity contribution in [2.24, 2.45) is 0 Å². The maximum atomic E-state index is 10.7. The summed E-state index contributed by atoms with van der Waals surface area (Å²) in [5.74, 6) is -0.743. The Morgan fingerprint density at radius 1 is 1.19 bits per heavy atom. The van der Waals surface area contributed by atoms with Crippen LogP contribution in [0.15, 0.2) is 35.2 Å². The molecule has 1 aromatic carbocycles. The molecule has 0 spiro atoms. The minimum atomic E-state index is -0.743. The second-order valence-corrected chi connectivity index (χ2v) is 11.6. The molecule has 0 atom stereocenters. The molecule has 1 aliphatic carbocycles. The molecule has 3 rings (SSSR count). The summed E-state index contributed by atoms with van der Waals surface area (Å²) >= 11 is 1.72. The monoisotopic (exact) mass is 456 g/mol. The van der Waals surface area contributed by atoms with Gasteiger partial charge in [0.2, 0.25) is 0 Å². The first-order valence-corrected chi connectivity index (χ1v) is 12.8. The van der Waals surface area contributed by atoms with Crippen LogP contribution in [0.3, 0.4) is 0 Å². The van der Waals surface area contributed by atoms with Crippen LogP contribution in [-0.4, -0.2) is 41.7 Å². The van der Waals surface area contributed by atoms with Gasteiger partial charge in [0.1, 0.15) is 0 Å². The smallest absolute Gasteiger partial charge is 0.304 e. The van der Waals surface area contributed by atoms with Crippen molar-refractivity contribution in [3.63, 3.8) is 0 Å². The number of hydrogen-bond donors (Lipinski definition) is 2. The molecule has 2 aliphatic rings. The predicted octanol–water partition coefficient (Wildman–Crippen LogP) is 6.13. The molecule has 1 saturated heterocycles. The van der Waals surface area contributed by atoms with Gasteiger partial charge in [0.25, 0.3) is 0 Å². The summed E-state index contributed by atoms with van der Waals surface area (Å²) in [5, 5.41) is 15.5. The van der Waals surface area contributed by atoms with Gasteiger partial charge in [-0.25, -0.2) is 0 Å². The maximum Gasteiger partial charge on any atom is 0.304 e. The lowest BCUT2D eigenvalue weighted by molar-refractivity contribution is -0.136. The van der Waals surface area contributed by atoms with E-state index in [1.54, 1.807) is 11.8 Å². The van der Waals surface area contributed by atoms with Gasteiger partial charge in [0, 0.05) is 25.7 Å². The van der Waals surface area contributed by atoms with Crippen molar-refractivity contribution < 1.29 is 9.90 Å². The number of aliphatic carboxylic acids is 1. The molecule has 0 bridgehead atoms. The van der Waals surface area contributed by atoms with Crippen LogP contribution in [0.5, 0.6) is 0 Å². The zero-order valence-electron chi connectivity index (χ0n) is 20.5. The number of likely N-dealkylation sites (tertiary alicyclic amines) is 1. The molecule has 0 saturated carbocycles. The summed E-state index contributed by atoms with van der Waals surface area (Å²) in [4.78, 5) is 13.0. The van der Waals surface area contributed by atoms with E-state index in [1.165, 1.54) is 35.1 Å². The van der Waals surface area contributed by atoms with Gasteiger partial charge in [-0.1, -0.05) is 64.2 Å². The average molecular weight is 457 g/mol. The molecule has 32 heavy (non-hydrogen) atoms. The van der Waals surface area contributed by atoms with Crippen molar-refractivity contribution in [3.05, 3.63) is 51.9 Å². The molecule has 0 amide bonds. The molecule has 1 aliphatic heterocycles. The number of allylic oxidation sites excluding steroid dienone is 1. The second-order valence-electron chi connectivity index (χ2n) is 10.7. The van der Waals surface area contributed by atoms with Crippen molar-refractivity contribution in [1.29, 1.82) is 0 Å². The van der Waals surface area contributed by atoms with Crippen molar-refractivity contribution in [3.8, 4) is 0 Å². The number of thioether (sulfide) groups is 1. The Kier molecular flexibility index (Phi) is 7.82. The fourth-order valence-corrected chi connectivity index (χ4v) is 5.63. The van der Waals surface area contributed by atoms with Crippen molar-refractivity contribution in [1.82, 2.24) is 10.2 Å². The van der Waals surface area contributed by atoms with Gasteiger partial charge in [-0.05, 0) is 71.1 Å². The number of carbonyl (C=O) groups is 1. The van der Waals surface area contributed by atoms with E-state index in [0.717, 1.165) is 31.0 Å². The van der Waals surface area contributed by atoms with Crippen LogP contribution in [0.4, 0.5) is 0 Å². The molecule has 0 radical (unpaired) electrons. The molecular weight excluding hydrogens is 416 g/mol. The van der Waals surface area contributed by atoms with Crippen molar-refractivity contribution in [2.45, 2.75) is 83.6 Å². The van der Waals surface area contributed by atoms with Gasteiger partial charge in [-0.15, -0.1) is 0 Å². The lowest BCUT2D eigenvalue weighted by Gasteiger charge is -2.42. The Morgan fingerprint density at radius 2 is 1.81 bits per heavy atom. The van der Waals surface area contributed by atoms with Crippen LogP contribution in [0.2, 0.25) is 0 Å². The number of carboxylic acid groups (broad SMARTS) is 1. The van der Waals surface area contributed by atoms with Crippen LogP contribution < -0.4 is 5.32 Å². The number of rotatable bonds is 8. The van der Waals surface area contributed by atoms with Crippen LogP contribution in [0, 0.1) is 0 Å². The number of nitrogens with zero attached hydrogens (tertiary/aromatic N) is 1. The van der Waals surface area contributed by atoms with Gasteiger partial charge < -0.3 is 15.3 Å². The molecule has 0 aromatic heterocycles. The summed E-state index contributed by atoms with van der Waals surface area (Å²) in [6.07, 6.45) is 4.70. The number of hydrogen-bond acceptors (Lipinski definition) is 4. The molecule has 1 heterocycles. The Hall–Kier alpha value is -1.72. The fraction of sp³-hybridized carbons (Fsp3) is 0.593. The van der Waals surface area contributed by atoms with E-state index in [9.17, 15) is 4.79 Å². The van der Waals surface area contributed by atoms with Crippen LogP contribution in [-0.2, 0) is 15.6 Å². The SMILES string of the molecule is C=C(S/C=C(\C)c1ccc2c(c1)C(C)(C)CCC2(C)C)N1CCC(NCCC(=O)O)CC1. The molecule has 5 heteroatoms. The first kappa shape index (κ1) is 24.9. The molecule has 1 fully saturated rings. The summed E-state index contributed by atoms with van der Waals surface area (Å²) in [6.45, 7) is 18.5. The molecule has 176 valence electrons. The van der Waals surface area contributed by atoms with E-state index in [-0.39, 0.29) is 17.3 Å². The van der Waals surface area contributed by atoms with Crippen LogP contribution in [0.25, 0.3) is 5.57 Å². The first-order valence-electron chi connectivity index (χ1n) is 11.9. The fourth-order valence-electron chi connectivity index (χ4n) is 4.85. The van der Waals surface area contributed by atoms with Crippen LogP contribution >= 0.6 is 11.8 Å². The average Bonchev–Trinajstić information content (AvgIpc) is 2.75. The third kappa shape index (κ3) is 5.99. The zero-order chi connectivity index (χ0) is 23.5. The van der Waals surface area contributed by atoms with E-state index in [2.05, 4.69) is 75.0 Å². The number of benzene rings is 1. The van der Waals surface area contributed by atoms with E-state index in [1.807, 2.05) is 0 Å². The molecule has 2 N–H and O–H groups in total. The van der Waals surface area contributed by atoms with Gasteiger partial charge in [-0.2, -0.15) is 0 Å². The zero-order valence-corrected chi connectivity index (χ0v) is 21.3. The minimum Gasteiger partial charge on any atom is -0.481 e. The molecule has 0 unspecified atom stereocenters. The summed E-state index contributed by atoms with van der Waals surface area (Å²) < 4.78 is 0. The molecule has 1 aromatic rings. The van der Waals surface area contributed by atoms with Gasteiger partial charge >= 0.3 is 5.97 Å². The largest absolute Gasteiger partial charge is 0.481 e. The Morgan fingerprint density at radius 3 is 2.44 bits per heavy atom. The van der Waals surface area contributed by atoms with Gasteiger partial charge in [0.15, 0.2) is 0 Å². The summed E-state index contributed by atoms with van der Waals surface area (Å²) in [6, 6.07) is 7.46. The summed E-state index contributed by atoms with van der Waals surface area (Å²) in [7, 11) is 0. The third-order valence-corrected chi connectivity index (χ3v) is 8.30. The number of fused-ring (bicyclic) bond motifs is 1. The predicted molar refractivity (Wildman–Crippen MR) is 137 cm³/mol. The highest BCUT2D eigenvalue weighted by Gasteiger charge is 2.36. The van der Waals surface area contributed by atoms with E-state index in [4.69, 9.17) is 5.11 Å². The first-order chi connectivity index (χ1) is 15.0. The topological polar surface area (TPSA) is 52.6 Å².